The highest BCUT2D eigenvalue weighted by Gasteiger charge is 2.14. The minimum absolute atomic E-state index is 0.162. The average Bonchev–Trinajstić information content (AvgIpc) is 2.90. The molecule has 0 unspecified atom stereocenters. The maximum atomic E-state index is 12.7. The number of hydrogen-bond acceptors (Lipinski definition) is 3. The highest BCUT2D eigenvalue weighted by atomic mass is 19.1. The fourth-order valence-corrected chi connectivity index (χ4v) is 1.48. The summed E-state index contributed by atoms with van der Waals surface area (Å²) >= 11 is 0. The Hall–Kier alpha value is -2.24. The third-order valence-corrected chi connectivity index (χ3v) is 2.59. The summed E-state index contributed by atoms with van der Waals surface area (Å²) in [6.07, 6.45) is 2.87. The molecule has 0 radical (unpaired) electrons. The van der Waals surface area contributed by atoms with Crippen molar-refractivity contribution in [1.82, 2.24) is 20.1 Å². The molecule has 1 atom stereocenters. The molecule has 1 amide bonds. The van der Waals surface area contributed by atoms with Crippen LogP contribution in [0, 0.1) is 5.82 Å². The number of carbonyl (C=O) groups excluding carboxylic acids is 1. The van der Waals surface area contributed by atoms with Crippen LogP contribution in [-0.4, -0.2) is 20.7 Å². The summed E-state index contributed by atoms with van der Waals surface area (Å²) in [4.78, 5) is 15.6. The Bertz CT molecular complexity index is 509. The van der Waals surface area contributed by atoms with Crippen LogP contribution in [0.25, 0.3) is 0 Å². The van der Waals surface area contributed by atoms with Gasteiger partial charge in [-0.25, -0.2) is 14.1 Å². The molecule has 1 heterocycles. The van der Waals surface area contributed by atoms with Crippen LogP contribution < -0.4 is 5.32 Å². The van der Waals surface area contributed by atoms with Crippen LogP contribution in [-0.2, 0) is 11.3 Å². The van der Waals surface area contributed by atoms with E-state index in [2.05, 4.69) is 15.4 Å². The third-order valence-electron chi connectivity index (χ3n) is 2.59. The Morgan fingerprint density at radius 2 is 2.17 bits per heavy atom. The van der Waals surface area contributed by atoms with E-state index in [4.69, 9.17) is 0 Å². The van der Waals surface area contributed by atoms with Gasteiger partial charge in [0.15, 0.2) is 0 Å². The van der Waals surface area contributed by atoms with Gasteiger partial charge in [0, 0.05) is 6.54 Å². The van der Waals surface area contributed by atoms with Gasteiger partial charge in [-0.15, -0.1) is 0 Å². The number of nitrogens with zero attached hydrogens (tertiary/aromatic N) is 3. The summed E-state index contributed by atoms with van der Waals surface area (Å²) in [5.74, 6) is -0.453. The molecule has 0 bridgehead atoms. The van der Waals surface area contributed by atoms with E-state index in [-0.39, 0.29) is 11.7 Å². The Labute approximate surface area is 104 Å². The Balaban J connectivity index is 1.90. The summed E-state index contributed by atoms with van der Waals surface area (Å²) in [5, 5.41) is 6.66. The molecule has 6 heteroatoms. The lowest BCUT2D eigenvalue weighted by Gasteiger charge is -2.11. The Kier molecular flexibility index (Phi) is 3.66. The molecule has 5 nitrogen and oxygen atoms in total. The first-order valence-electron chi connectivity index (χ1n) is 5.53. The first-order chi connectivity index (χ1) is 8.66. The lowest BCUT2D eigenvalue weighted by molar-refractivity contribution is -0.124. The smallest absolute Gasteiger partial charge is 0.244 e. The molecule has 0 aliphatic heterocycles. The molecule has 0 fully saturated rings. The van der Waals surface area contributed by atoms with E-state index in [1.54, 1.807) is 19.1 Å². The molecule has 0 saturated heterocycles. The standard InChI is InChI=1S/C12H13FN4O/c1-9(17-8-14-7-16-17)12(18)15-6-10-2-4-11(13)5-3-10/h2-5,7-9H,6H2,1H3,(H,15,18)/t9-/m0/s1. The number of carbonyl (C=O) groups is 1. The molecule has 0 saturated carbocycles. The van der Waals surface area contributed by atoms with E-state index in [1.807, 2.05) is 0 Å². The van der Waals surface area contributed by atoms with Crippen molar-refractivity contribution in [2.45, 2.75) is 19.5 Å². The number of amides is 1. The number of aromatic nitrogens is 3. The van der Waals surface area contributed by atoms with Crippen molar-refractivity contribution >= 4 is 5.91 Å². The number of rotatable bonds is 4. The lowest BCUT2D eigenvalue weighted by Crippen LogP contribution is -2.30. The third kappa shape index (κ3) is 2.91. The second-order valence-corrected chi connectivity index (χ2v) is 3.90. The largest absolute Gasteiger partial charge is 0.350 e. The van der Waals surface area contributed by atoms with Crippen LogP contribution in [0.1, 0.15) is 18.5 Å². The van der Waals surface area contributed by atoms with E-state index in [0.29, 0.717) is 6.54 Å². The quantitative estimate of drug-likeness (QED) is 0.887. The van der Waals surface area contributed by atoms with Gasteiger partial charge in [0.25, 0.3) is 0 Å². The summed E-state index contributed by atoms with van der Waals surface area (Å²) in [5.41, 5.74) is 0.843. The van der Waals surface area contributed by atoms with Crippen LogP contribution >= 0.6 is 0 Å². The monoisotopic (exact) mass is 248 g/mol. The van der Waals surface area contributed by atoms with Gasteiger partial charge in [-0.2, -0.15) is 5.10 Å². The molecule has 2 aromatic rings. The zero-order valence-corrected chi connectivity index (χ0v) is 9.88. The Morgan fingerprint density at radius 3 is 2.78 bits per heavy atom. The van der Waals surface area contributed by atoms with Crippen molar-refractivity contribution in [3.8, 4) is 0 Å². The van der Waals surface area contributed by atoms with Crippen molar-refractivity contribution in [3.05, 3.63) is 48.3 Å². The maximum Gasteiger partial charge on any atom is 0.244 e. The van der Waals surface area contributed by atoms with Crippen molar-refractivity contribution in [2.24, 2.45) is 0 Å². The summed E-state index contributed by atoms with van der Waals surface area (Å²) < 4.78 is 14.2. The molecular formula is C12H13FN4O. The van der Waals surface area contributed by atoms with E-state index >= 15 is 0 Å². The Morgan fingerprint density at radius 1 is 1.44 bits per heavy atom. The number of halogens is 1. The molecule has 0 aliphatic rings. The van der Waals surface area contributed by atoms with Crippen LogP contribution in [0.3, 0.4) is 0 Å². The van der Waals surface area contributed by atoms with Gasteiger partial charge < -0.3 is 5.32 Å². The van der Waals surface area contributed by atoms with Crippen LogP contribution in [0.4, 0.5) is 4.39 Å². The van der Waals surface area contributed by atoms with Gasteiger partial charge in [-0.3, -0.25) is 4.79 Å². The van der Waals surface area contributed by atoms with Crippen molar-refractivity contribution in [1.29, 1.82) is 0 Å². The number of hydrogen-bond donors (Lipinski definition) is 1. The molecular weight excluding hydrogens is 235 g/mol. The zero-order valence-electron chi connectivity index (χ0n) is 9.88. The molecule has 1 aromatic heterocycles. The SMILES string of the molecule is C[C@@H](C(=O)NCc1ccc(F)cc1)n1cncn1. The highest BCUT2D eigenvalue weighted by Crippen LogP contribution is 2.05. The van der Waals surface area contributed by atoms with E-state index in [0.717, 1.165) is 5.56 Å². The number of nitrogens with one attached hydrogen (secondary N) is 1. The second-order valence-electron chi connectivity index (χ2n) is 3.90. The van der Waals surface area contributed by atoms with E-state index in [9.17, 15) is 9.18 Å². The van der Waals surface area contributed by atoms with Crippen LogP contribution in [0.5, 0.6) is 0 Å². The van der Waals surface area contributed by atoms with Gasteiger partial charge >= 0.3 is 0 Å². The molecule has 0 spiro atoms. The lowest BCUT2D eigenvalue weighted by atomic mass is 10.2. The summed E-state index contributed by atoms with van der Waals surface area (Å²) in [7, 11) is 0. The van der Waals surface area contributed by atoms with Crippen LogP contribution in [0.2, 0.25) is 0 Å². The van der Waals surface area contributed by atoms with Gasteiger partial charge in [0.2, 0.25) is 5.91 Å². The first kappa shape index (κ1) is 12.2. The minimum atomic E-state index is -0.423. The zero-order chi connectivity index (χ0) is 13.0. The maximum absolute atomic E-state index is 12.7. The van der Waals surface area contributed by atoms with Crippen LogP contribution in [0.15, 0.2) is 36.9 Å². The van der Waals surface area contributed by atoms with Gasteiger partial charge in [0.1, 0.15) is 24.5 Å². The van der Waals surface area contributed by atoms with Crippen molar-refractivity contribution in [3.63, 3.8) is 0 Å². The molecule has 1 aromatic carbocycles. The summed E-state index contributed by atoms with van der Waals surface area (Å²) in [6, 6.07) is 5.57. The second kappa shape index (κ2) is 5.39. The predicted molar refractivity (Wildman–Crippen MR) is 63.0 cm³/mol. The van der Waals surface area contributed by atoms with Gasteiger partial charge in [-0.1, -0.05) is 12.1 Å². The molecule has 0 aliphatic carbocycles. The normalized spacial score (nSPS) is 12.1. The topological polar surface area (TPSA) is 59.8 Å². The van der Waals surface area contributed by atoms with Gasteiger partial charge in [-0.05, 0) is 24.6 Å². The molecule has 1 N–H and O–H groups in total. The fraction of sp³-hybridized carbons (Fsp3) is 0.250. The van der Waals surface area contributed by atoms with Gasteiger partial charge in [0.05, 0.1) is 0 Å². The predicted octanol–water partition coefficient (Wildman–Crippen LogP) is 1.29. The molecule has 94 valence electrons. The van der Waals surface area contributed by atoms with Crippen molar-refractivity contribution in [2.75, 3.05) is 0 Å². The van der Waals surface area contributed by atoms with Crippen molar-refractivity contribution < 1.29 is 9.18 Å². The van der Waals surface area contributed by atoms with E-state index in [1.165, 1.54) is 29.5 Å². The fourth-order valence-electron chi connectivity index (χ4n) is 1.48. The minimum Gasteiger partial charge on any atom is -0.350 e. The highest BCUT2D eigenvalue weighted by molar-refractivity contribution is 5.79. The van der Waals surface area contributed by atoms with E-state index < -0.39 is 6.04 Å². The first-order valence-corrected chi connectivity index (χ1v) is 5.53. The molecule has 2 rings (SSSR count). The molecule has 18 heavy (non-hydrogen) atoms. The average molecular weight is 248 g/mol. The number of benzene rings is 1. The summed E-state index contributed by atoms with van der Waals surface area (Å²) in [6.45, 7) is 2.09.